The summed E-state index contributed by atoms with van der Waals surface area (Å²) in [6.45, 7) is 51.7. The highest BCUT2D eigenvalue weighted by atomic mass is 32.2. The molecule has 0 N–H and O–H groups in total. The lowest BCUT2D eigenvalue weighted by molar-refractivity contribution is -0.138. The van der Waals surface area contributed by atoms with Gasteiger partial charge in [0.25, 0.3) is 5.56 Å². The van der Waals surface area contributed by atoms with Crippen LogP contribution in [-0.2, 0) is 58.2 Å². The second-order valence-electron chi connectivity index (χ2n) is 29.7. The molecule has 2 aromatic carbocycles. The second-order valence-corrected chi connectivity index (χ2v) is 35.6. The molecule has 9 rings (SSSR count). The summed E-state index contributed by atoms with van der Waals surface area (Å²) in [5.74, 6) is 1.28. The Hall–Kier alpha value is -4.40. The lowest BCUT2D eigenvalue weighted by Gasteiger charge is -2.42. The molecule has 0 radical (unpaired) electrons. The number of carbonyl (C=O) groups is 2. The molecule has 7 heterocycles. The smallest absolute Gasteiger partial charge is 0.250 e. The number of pyridine rings is 1. The monoisotopic (exact) mass is 1240 g/mol. The lowest BCUT2D eigenvalue weighted by atomic mass is 9.93. The predicted molar refractivity (Wildman–Crippen MR) is 351 cm³/mol. The zero-order valence-electron chi connectivity index (χ0n) is 56.2. The third kappa shape index (κ3) is 22.0. The van der Waals surface area contributed by atoms with Crippen molar-refractivity contribution < 1.29 is 34.8 Å². The summed E-state index contributed by atoms with van der Waals surface area (Å²) in [5, 5.41) is 0. The summed E-state index contributed by atoms with van der Waals surface area (Å²) in [6, 6.07) is 21.0. The SMILES string of the molecule is C=C1c2ccccc2CCN1C(C)(C)C.CC(C)(C)N1CCCC1=O.CC(C)(C)N1CCCCC1=O.CC(C)(C)N1CCCCS1(=O)=O.CC(C)(C)N1CCCS1(=O)=O.CC(C)(C)N1Cc2ccccc2S1(=O)=O.CC(C)(C)n1ccccc1=O. The van der Waals surface area contributed by atoms with Gasteiger partial charge in [-0.05, 0) is 214 Å². The van der Waals surface area contributed by atoms with Crippen LogP contribution >= 0.6 is 0 Å². The summed E-state index contributed by atoms with van der Waals surface area (Å²) < 4.78 is 76.6. The highest BCUT2D eigenvalue weighted by Gasteiger charge is 2.41. The van der Waals surface area contributed by atoms with Crippen molar-refractivity contribution in [3.8, 4) is 0 Å². The number of benzene rings is 2. The first-order valence-electron chi connectivity index (χ1n) is 30.5. The molecule has 0 aliphatic carbocycles. The van der Waals surface area contributed by atoms with Crippen molar-refractivity contribution in [1.82, 2.24) is 32.2 Å². The summed E-state index contributed by atoms with van der Waals surface area (Å²) in [5.41, 5.74) is 4.14. The van der Waals surface area contributed by atoms with Crippen molar-refractivity contribution >= 4 is 47.6 Å². The van der Waals surface area contributed by atoms with Crippen LogP contribution in [0, 0.1) is 0 Å². The standard InChI is InChI=1S/C14H19N.C11H15NO2S.C9H17NO.C9H13NO.C8H17NO2S.C8H15NO.C7H15NO2S/c1-11-13-8-6-5-7-12(13)9-10-15(11)14(2,3)4;1-11(2,3)12-8-9-6-4-5-7-10(9)15(12,13)14;2*1-9(2,3)10-7-5-4-6-8(10)11;1-8(2,3)9-6-4-5-7-12(9,10)11;1-8(2,3)9-6-4-5-7(9)10;1-7(2,3)8-5-4-6-11(8,9)10/h5-8H,1,9-10H2,2-4H3;4-7H,8H2,1-3H3;4-7H2,1-3H3;4-7H,1-3H3;4-7H2,1-3H3;4-6H2,1-3H3;4-6H2,1-3H3. The van der Waals surface area contributed by atoms with Crippen LogP contribution in [0.5, 0.6) is 0 Å². The number of hydrogen-bond acceptors (Lipinski definition) is 10. The average molecular weight is 1240 g/mol. The quantitative estimate of drug-likeness (QED) is 0.210. The number of amides is 2. The molecule has 0 unspecified atom stereocenters. The fourth-order valence-electron chi connectivity index (χ4n) is 10.9. The first-order valence-corrected chi connectivity index (χ1v) is 35.2. The Bertz CT molecular complexity index is 3110. The van der Waals surface area contributed by atoms with Gasteiger partial charge in [0, 0.05) is 114 Å². The van der Waals surface area contributed by atoms with Crippen molar-refractivity contribution in [2.24, 2.45) is 0 Å². The van der Waals surface area contributed by atoms with Gasteiger partial charge < -0.3 is 19.3 Å². The number of sulfonamides is 3. The van der Waals surface area contributed by atoms with Gasteiger partial charge in [0.1, 0.15) is 0 Å². The topological polar surface area (TPSA) is 178 Å². The van der Waals surface area contributed by atoms with Gasteiger partial charge in [0.05, 0.1) is 16.4 Å². The Balaban J connectivity index is 0.000000261. The number of nitrogens with zero attached hydrogens (tertiary/aromatic N) is 7. The van der Waals surface area contributed by atoms with Crippen LogP contribution in [-0.4, -0.2) is 147 Å². The molecular formula is C66H111N7O9S3. The van der Waals surface area contributed by atoms with Crippen LogP contribution in [0.25, 0.3) is 5.70 Å². The molecule has 0 saturated carbocycles. The molecule has 1 aromatic heterocycles. The minimum Gasteiger partial charge on any atom is -0.366 e. The van der Waals surface area contributed by atoms with Crippen LogP contribution < -0.4 is 5.56 Å². The molecule has 2 amide bonds. The third-order valence-corrected chi connectivity index (χ3v) is 21.8. The second kappa shape index (κ2) is 29.3. The predicted octanol–water partition coefficient (Wildman–Crippen LogP) is 12.1. The first-order chi connectivity index (χ1) is 38.6. The molecule has 19 heteroatoms. The fourth-order valence-corrected chi connectivity index (χ4v) is 16.9. The van der Waals surface area contributed by atoms with E-state index in [1.165, 1.54) is 23.2 Å². The number of hydrogen-bond donors (Lipinski definition) is 0. The Morgan fingerprint density at radius 1 is 0.388 bits per heavy atom. The lowest BCUT2D eigenvalue weighted by Crippen LogP contribution is -2.49. The molecule has 85 heavy (non-hydrogen) atoms. The van der Waals surface area contributed by atoms with E-state index in [9.17, 15) is 39.6 Å². The van der Waals surface area contributed by atoms with E-state index < -0.39 is 30.1 Å². The van der Waals surface area contributed by atoms with E-state index in [4.69, 9.17) is 0 Å². The molecule has 6 aliphatic rings. The van der Waals surface area contributed by atoms with E-state index in [1.807, 2.05) is 117 Å². The number of rotatable bonds is 0. The van der Waals surface area contributed by atoms with Gasteiger partial charge in [0.2, 0.25) is 41.9 Å². The van der Waals surface area contributed by atoms with E-state index in [1.54, 1.807) is 41.7 Å². The normalized spacial score (nSPS) is 20.0. The van der Waals surface area contributed by atoms with Gasteiger partial charge in [-0.25, -0.2) is 25.3 Å². The zero-order valence-corrected chi connectivity index (χ0v) is 58.6. The van der Waals surface area contributed by atoms with Gasteiger partial charge in [-0.3, -0.25) is 14.4 Å². The molecule has 6 aliphatic heterocycles. The van der Waals surface area contributed by atoms with Crippen LogP contribution in [0.4, 0.5) is 0 Å². The number of fused-ring (bicyclic) bond motifs is 2. The van der Waals surface area contributed by atoms with Gasteiger partial charge >= 0.3 is 0 Å². The zero-order chi connectivity index (χ0) is 65.2. The largest absolute Gasteiger partial charge is 0.366 e. The molecule has 482 valence electrons. The Kier molecular flexibility index (Phi) is 25.8. The van der Waals surface area contributed by atoms with E-state index >= 15 is 0 Å². The number of carbonyl (C=O) groups excluding carboxylic acids is 2. The van der Waals surface area contributed by atoms with E-state index in [0.717, 1.165) is 76.6 Å². The van der Waals surface area contributed by atoms with Crippen molar-refractivity contribution in [2.45, 2.75) is 253 Å². The number of piperidine rings is 1. The van der Waals surface area contributed by atoms with Gasteiger partial charge in [-0.1, -0.05) is 55.1 Å². The van der Waals surface area contributed by atoms with Crippen LogP contribution in [0.1, 0.15) is 213 Å². The van der Waals surface area contributed by atoms with Crippen LogP contribution in [0.2, 0.25) is 0 Å². The van der Waals surface area contributed by atoms with E-state index in [2.05, 4.69) is 98.1 Å². The molecule has 16 nitrogen and oxygen atoms in total. The maximum Gasteiger partial charge on any atom is 0.250 e. The Morgan fingerprint density at radius 3 is 1.19 bits per heavy atom. The third-order valence-electron chi connectivity index (χ3n) is 15.2. The van der Waals surface area contributed by atoms with Crippen molar-refractivity contribution in [2.75, 3.05) is 44.2 Å². The molecule has 0 atom stereocenters. The fraction of sp³-hybridized carbons (Fsp3) is 0.682. The molecule has 4 saturated heterocycles. The summed E-state index contributed by atoms with van der Waals surface area (Å²) in [4.78, 5) is 40.5. The summed E-state index contributed by atoms with van der Waals surface area (Å²) >= 11 is 0. The van der Waals surface area contributed by atoms with Crippen molar-refractivity contribution in [1.29, 1.82) is 0 Å². The summed E-state index contributed by atoms with van der Waals surface area (Å²) in [7, 11) is -9.13. The molecule has 0 spiro atoms. The minimum atomic E-state index is -3.27. The summed E-state index contributed by atoms with van der Waals surface area (Å²) in [6.07, 6.45) is 10.3. The van der Waals surface area contributed by atoms with Crippen molar-refractivity contribution in [3.63, 3.8) is 0 Å². The highest BCUT2D eigenvalue weighted by Crippen LogP contribution is 2.36. The van der Waals surface area contributed by atoms with Crippen LogP contribution in [0.15, 0.2) is 89.2 Å². The maximum atomic E-state index is 12.2. The molecular weight excluding hydrogens is 1130 g/mol. The van der Waals surface area contributed by atoms with Gasteiger partial charge in [0.15, 0.2) is 0 Å². The van der Waals surface area contributed by atoms with Crippen LogP contribution in [0.3, 0.4) is 0 Å². The first kappa shape index (κ1) is 74.9. The van der Waals surface area contributed by atoms with Gasteiger partial charge in [-0.2, -0.15) is 12.9 Å². The molecule has 0 bridgehead atoms. The number of likely N-dealkylation sites (tertiary alicyclic amines) is 2. The van der Waals surface area contributed by atoms with Crippen molar-refractivity contribution in [3.05, 3.63) is 107 Å². The average Bonchev–Trinajstić information content (AvgIpc) is 1.98. The minimum absolute atomic E-state index is 0.0253. The molecule has 4 fully saturated rings. The van der Waals surface area contributed by atoms with E-state index in [-0.39, 0.29) is 44.3 Å². The molecule has 3 aromatic rings. The van der Waals surface area contributed by atoms with E-state index in [0.29, 0.717) is 47.8 Å². The Labute approximate surface area is 515 Å². The number of aromatic nitrogens is 1. The maximum absolute atomic E-state index is 12.2. The highest BCUT2D eigenvalue weighted by molar-refractivity contribution is 7.89. The van der Waals surface area contributed by atoms with Gasteiger partial charge in [-0.15, -0.1) is 0 Å². The Morgan fingerprint density at radius 2 is 0.812 bits per heavy atom.